The third-order valence-corrected chi connectivity index (χ3v) is 6.17. The van der Waals surface area contributed by atoms with E-state index in [1.165, 1.54) is 0 Å². The number of fused-ring (bicyclic) bond motifs is 1. The van der Waals surface area contributed by atoms with Gasteiger partial charge in [-0.2, -0.15) is 0 Å². The molecule has 2 aromatic heterocycles. The number of ether oxygens (including phenoxy) is 2. The number of piperidine rings is 1. The van der Waals surface area contributed by atoms with E-state index in [4.69, 9.17) is 9.47 Å². The Hall–Kier alpha value is -2.87. The van der Waals surface area contributed by atoms with Gasteiger partial charge in [-0.3, -0.25) is 4.79 Å². The molecule has 0 bridgehead atoms. The monoisotopic (exact) mass is 412 g/mol. The molecule has 1 aliphatic heterocycles. The predicted molar refractivity (Wildman–Crippen MR) is 114 cm³/mol. The van der Waals surface area contributed by atoms with Gasteiger partial charge in [0.15, 0.2) is 16.6 Å². The van der Waals surface area contributed by atoms with E-state index in [2.05, 4.69) is 20.2 Å². The molecule has 4 rings (SSSR count). The van der Waals surface area contributed by atoms with Crippen molar-refractivity contribution in [3.05, 3.63) is 42.1 Å². The predicted octanol–water partition coefficient (Wildman–Crippen LogP) is 3.24. The molecule has 1 atom stereocenters. The second-order valence-corrected chi connectivity index (χ2v) is 7.97. The Morgan fingerprint density at radius 2 is 2.14 bits per heavy atom. The van der Waals surface area contributed by atoms with Crippen LogP contribution in [0.5, 0.6) is 11.5 Å². The van der Waals surface area contributed by atoms with Crippen molar-refractivity contribution in [2.24, 2.45) is 5.92 Å². The van der Waals surface area contributed by atoms with E-state index in [0.717, 1.165) is 40.4 Å². The first-order valence-electron chi connectivity index (χ1n) is 9.63. The molecule has 3 heterocycles. The molecule has 0 radical (unpaired) electrons. The lowest BCUT2D eigenvalue weighted by Gasteiger charge is -2.31. The summed E-state index contributed by atoms with van der Waals surface area (Å²) in [5.41, 5.74) is 1.88. The number of hydrogen-bond acceptors (Lipinski definition) is 7. The number of amides is 1. The van der Waals surface area contributed by atoms with Crippen LogP contribution in [0.3, 0.4) is 0 Å². The lowest BCUT2D eigenvalue weighted by atomic mass is 9.97. The van der Waals surface area contributed by atoms with E-state index in [-0.39, 0.29) is 11.8 Å². The number of carbonyl (C=O) groups is 1. The Labute approximate surface area is 173 Å². The van der Waals surface area contributed by atoms with Crippen LogP contribution in [0, 0.1) is 5.92 Å². The third-order valence-electron chi connectivity index (χ3n) is 5.13. The van der Waals surface area contributed by atoms with Crippen LogP contribution in [-0.2, 0) is 11.3 Å². The fourth-order valence-corrected chi connectivity index (χ4v) is 4.53. The zero-order chi connectivity index (χ0) is 20.2. The van der Waals surface area contributed by atoms with Crippen molar-refractivity contribution in [1.82, 2.24) is 15.3 Å². The normalized spacial score (nSPS) is 16.6. The average molecular weight is 413 g/mol. The highest BCUT2D eigenvalue weighted by atomic mass is 32.1. The first-order chi connectivity index (χ1) is 14.2. The summed E-state index contributed by atoms with van der Waals surface area (Å²) < 4.78 is 10.6. The standard InChI is InChI=1S/C21H24N4O3S/c1-27-17-8-7-14(11-18(17)28-2)12-23-19(26)15-5-4-10-25(13-15)21-24-16-6-3-9-22-20(16)29-21/h3,6-9,11,15H,4-5,10,12-13H2,1-2H3,(H,23,26). The Morgan fingerprint density at radius 3 is 2.93 bits per heavy atom. The quantitative estimate of drug-likeness (QED) is 0.670. The molecule has 0 spiro atoms. The topological polar surface area (TPSA) is 76.6 Å². The minimum Gasteiger partial charge on any atom is -0.493 e. The van der Waals surface area contributed by atoms with Crippen LogP contribution in [0.2, 0.25) is 0 Å². The molecule has 1 saturated heterocycles. The molecule has 0 saturated carbocycles. The van der Waals surface area contributed by atoms with Crippen LogP contribution in [0.15, 0.2) is 36.5 Å². The molecule has 1 unspecified atom stereocenters. The number of carbonyl (C=O) groups excluding carboxylic acids is 1. The van der Waals surface area contributed by atoms with Gasteiger partial charge in [-0.15, -0.1) is 0 Å². The van der Waals surface area contributed by atoms with Gasteiger partial charge in [0.25, 0.3) is 0 Å². The Morgan fingerprint density at radius 1 is 1.28 bits per heavy atom. The summed E-state index contributed by atoms with van der Waals surface area (Å²) in [5.74, 6) is 1.36. The van der Waals surface area contributed by atoms with Gasteiger partial charge in [0, 0.05) is 25.8 Å². The Bertz CT molecular complexity index is 974. The van der Waals surface area contributed by atoms with Crippen LogP contribution in [0.4, 0.5) is 5.13 Å². The maximum atomic E-state index is 12.8. The van der Waals surface area contributed by atoms with Gasteiger partial charge < -0.3 is 19.7 Å². The number of methoxy groups -OCH3 is 2. The Kier molecular flexibility index (Phi) is 5.80. The van der Waals surface area contributed by atoms with Crippen LogP contribution >= 0.6 is 11.3 Å². The zero-order valence-electron chi connectivity index (χ0n) is 16.6. The summed E-state index contributed by atoms with van der Waals surface area (Å²) in [4.78, 5) is 25.0. The number of aromatic nitrogens is 2. The molecule has 29 heavy (non-hydrogen) atoms. The van der Waals surface area contributed by atoms with E-state index >= 15 is 0 Å². The molecular weight excluding hydrogens is 388 g/mol. The van der Waals surface area contributed by atoms with Crippen molar-refractivity contribution in [2.45, 2.75) is 19.4 Å². The van der Waals surface area contributed by atoms with Crippen molar-refractivity contribution >= 4 is 32.7 Å². The van der Waals surface area contributed by atoms with Gasteiger partial charge in [0.2, 0.25) is 5.91 Å². The second-order valence-electron chi connectivity index (χ2n) is 7.02. The van der Waals surface area contributed by atoms with Crippen molar-refractivity contribution < 1.29 is 14.3 Å². The number of hydrogen-bond donors (Lipinski definition) is 1. The first-order valence-corrected chi connectivity index (χ1v) is 10.4. The van der Waals surface area contributed by atoms with Crippen molar-refractivity contribution in [3.63, 3.8) is 0 Å². The van der Waals surface area contributed by atoms with Gasteiger partial charge in [0.05, 0.1) is 20.1 Å². The van der Waals surface area contributed by atoms with Crippen molar-refractivity contribution in [3.8, 4) is 11.5 Å². The van der Waals surface area contributed by atoms with Crippen molar-refractivity contribution in [2.75, 3.05) is 32.2 Å². The number of anilines is 1. The molecule has 3 aromatic rings. The molecular formula is C21H24N4O3S. The number of benzene rings is 1. The summed E-state index contributed by atoms with van der Waals surface area (Å²) >= 11 is 1.58. The fraction of sp³-hybridized carbons (Fsp3) is 0.381. The van der Waals surface area contributed by atoms with Crippen LogP contribution in [0.1, 0.15) is 18.4 Å². The molecule has 7 nitrogen and oxygen atoms in total. The zero-order valence-corrected chi connectivity index (χ0v) is 17.4. The molecule has 1 fully saturated rings. The second kappa shape index (κ2) is 8.65. The first kappa shape index (κ1) is 19.4. The largest absolute Gasteiger partial charge is 0.493 e. The summed E-state index contributed by atoms with van der Waals surface area (Å²) in [7, 11) is 3.21. The number of nitrogens with zero attached hydrogens (tertiary/aromatic N) is 3. The molecule has 8 heteroatoms. The van der Waals surface area contributed by atoms with Crippen LogP contribution in [0.25, 0.3) is 10.3 Å². The minimum absolute atomic E-state index is 0.0520. The van der Waals surface area contributed by atoms with Gasteiger partial charge in [0.1, 0.15) is 10.3 Å². The molecule has 0 aliphatic carbocycles. The van der Waals surface area contributed by atoms with Gasteiger partial charge in [-0.25, -0.2) is 9.97 Å². The summed E-state index contributed by atoms with van der Waals surface area (Å²) in [6.07, 6.45) is 3.64. The average Bonchev–Trinajstić information content (AvgIpc) is 3.21. The number of pyridine rings is 1. The number of nitrogens with one attached hydrogen (secondary N) is 1. The van der Waals surface area contributed by atoms with Crippen LogP contribution in [-0.4, -0.2) is 43.2 Å². The van der Waals surface area contributed by atoms with E-state index in [9.17, 15) is 4.79 Å². The number of rotatable bonds is 6. The SMILES string of the molecule is COc1ccc(CNC(=O)C2CCCN(c3nc4cccnc4s3)C2)cc1OC. The summed E-state index contributed by atoms with van der Waals surface area (Å²) in [5, 5.41) is 4.01. The third kappa shape index (κ3) is 4.27. The van der Waals surface area contributed by atoms with Crippen molar-refractivity contribution in [1.29, 1.82) is 0 Å². The van der Waals surface area contributed by atoms with E-state index in [0.29, 0.717) is 24.6 Å². The smallest absolute Gasteiger partial charge is 0.225 e. The van der Waals surface area contributed by atoms with E-state index < -0.39 is 0 Å². The Balaban J connectivity index is 1.38. The maximum absolute atomic E-state index is 12.8. The van der Waals surface area contributed by atoms with E-state index in [1.807, 2.05) is 30.3 Å². The molecule has 1 N–H and O–H groups in total. The summed E-state index contributed by atoms with van der Waals surface area (Å²) in [6, 6.07) is 9.54. The maximum Gasteiger partial charge on any atom is 0.225 e. The van der Waals surface area contributed by atoms with Gasteiger partial charge in [-0.05, 0) is 42.7 Å². The van der Waals surface area contributed by atoms with E-state index in [1.54, 1.807) is 31.8 Å². The van der Waals surface area contributed by atoms with Gasteiger partial charge >= 0.3 is 0 Å². The molecule has 152 valence electrons. The number of thiazole rings is 1. The fourth-order valence-electron chi connectivity index (χ4n) is 3.58. The highest BCUT2D eigenvalue weighted by molar-refractivity contribution is 7.21. The van der Waals surface area contributed by atoms with Gasteiger partial charge in [-0.1, -0.05) is 17.4 Å². The lowest BCUT2D eigenvalue weighted by molar-refractivity contribution is -0.125. The summed E-state index contributed by atoms with van der Waals surface area (Å²) in [6.45, 7) is 2.05. The molecule has 1 aromatic carbocycles. The van der Waals surface area contributed by atoms with Crippen LogP contribution < -0.4 is 19.7 Å². The molecule has 1 aliphatic rings. The highest BCUT2D eigenvalue weighted by Gasteiger charge is 2.27. The molecule has 1 amide bonds. The lowest BCUT2D eigenvalue weighted by Crippen LogP contribution is -2.42. The minimum atomic E-state index is -0.0520. The highest BCUT2D eigenvalue weighted by Crippen LogP contribution is 2.31.